The molecule has 1 saturated carbocycles. The monoisotopic (exact) mass is 441 g/mol. The van der Waals surface area contributed by atoms with E-state index in [9.17, 15) is 5.11 Å². The summed E-state index contributed by atoms with van der Waals surface area (Å²) in [5, 5.41) is 11.9. The van der Waals surface area contributed by atoms with Gasteiger partial charge >= 0.3 is 6.01 Å². The maximum Gasteiger partial charge on any atom is 0.319 e. The molecular weight excluding hydrogens is 406 g/mol. The largest absolute Gasteiger partial charge is 0.496 e. The quantitative estimate of drug-likeness (QED) is 0.670. The van der Waals surface area contributed by atoms with Crippen LogP contribution in [0.25, 0.3) is 0 Å². The molecular formula is C25H35N3O4. The molecule has 1 aliphatic heterocycles. The van der Waals surface area contributed by atoms with Gasteiger partial charge in [-0.25, -0.2) is 4.98 Å². The summed E-state index contributed by atoms with van der Waals surface area (Å²) >= 11 is 0. The predicted molar refractivity (Wildman–Crippen MR) is 122 cm³/mol. The molecule has 4 rings (SSSR count). The second-order valence-electron chi connectivity index (χ2n) is 9.01. The van der Waals surface area contributed by atoms with E-state index >= 15 is 0 Å². The van der Waals surface area contributed by atoms with Crippen LogP contribution < -0.4 is 14.2 Å². The zero-order chi connectivity index (χ0) is 22.9. The van der Waals surface area contributed by atoms with Crippen LogP contribution in [0.2, 0.25) is 0 Å². The Labute approximate surface area is 190 Å². The molecule has 0 spiro atoms. The molecule has 2 heterocycles. The summed E-state index contributed by atoms with van der Waals surface area (Å²) in [6.45, 7) is 11.7. The van der Waals surface area contributed by atoms with Crippen LogP contribution in [-0.2, 0) is 12.1 Å². The van der Waals surface area contributed by atoms with Crippen molar-refractivity contribution in [2.45, 2.75) is 52.7 Å². The molecule has 0 bridgehead atoms. The number of methoxy groups -OCH3 is 1. The third kappa shape index (κ3) is 4.16. The van der Waals surface area contributed by atoms with Crippen molar-refractivity contribution in [3.8, 4) is 17.6 Å². The fourth-order valence-electron chi connectivity index (χ4n) is 5.42. The topological polar surface area (TPSA) is 76.9 Å². The Balaban J connectivity index is 1.55. The van der Waals surface area contributed by atoms with Crippen LogP contribution in [0.5, 0.6) is 17.6 Å². The van der Waals surface area contributed by atoms with E-state index in [-0.39, 0.29) is 11.9 Å². The molecule has 0 radical (unpaired) electrons. The number of hydrogen-bond donors (Lipinski definition) is 1. The molecule has 2 aromatic rings. The van der Waals surface area contributed by atoms with Gasteiger partial charge in [0.2, 0.25) is 5.88 Å². The van der Waals surface area contributed by atoms with Crippen LogP contribution in [0.1, 0.15) is 48.9 Å². The number of aliphatic hydroxyl groups is 1. The molecule has 7 nitrogen and oxygen atoms in total. The number of benzene rings is 1. The highest BCUT2D eigenvalue weighted by molar-refractivity contribution is 5.41. The first kappa shape index (κ1) is 22.8. The normalized spacial score (nSPS) is 25.1. The highest BCUT2D eigenvalue weighted by Gasteiger charge is 2.54. The van der Waals surface area contributed by atoms with Crippen LogP contribution in [0, 0.1) is 25.7 Å². The summed E-state index contributed by atoms with van der Waals surface area (Å²) < 4.78 is 16.7. The number of likely N-dealkylation sites (tertiary alicyclic amines) is 1. The number of rotatable bonds is 8. The molecule has 1 aromatic carbocycles. The van der Waals surface area contributed by atoms with Gasteiger partial charge in [0, 0.05) is 31.7 Å². The highest BCUT2D eigenvalue weighted by Crippen LogP contribution is 2.52. The van der Waals surface area contributed by atoms with Crippen LogP contribution in [-0.4, -0.2) is 53.4 Å². The highest BCUT2D eigenvalue weighted by atomic mass is 16.5. The molecule has 3 atom stereocenters. The van der Waals surface area contributed by atoms with Gasteiger partial charge < -0.3 is 19.3 Å². The van der Waals surface area contributed by atoms with Crippen molar-refractivity contribution >= 4 is 0 Å². The van der Waals surface area contributed by atoms with E-state index in [0.717, 1.165) is 37.4 Å². The summed E-state index contributed by atoms with van der Waals surface area (Å²) in [7, 11) is 1.71. The van der Waals surface area contributed by atoms with Crippen LogP contribution in [0.3, 0.4) is 0 Å². The lowest BCUT2D eigenvalue weighted by Gasteiger charge is -2.31. The van der Waals surface area contributed by atoms with Crippen molar-refractivity contribution in [2.75, 3.05) is 33.4 Å². The lowest BCUT2D eigenvalue weighted by atomic mass is 9.83. The molecule has 32 heavy (non-hydrogen) atoms. The molecule has 0 unspecified atom stereocenters. The van der Waals surface area contributed by atoms with Gasteiger partial charge in [0.15, 0.2) is 0 Å². The van der Waals surface area contributed by atoms with Gasteiger partial charge in [-0.15, -0.1) is 0 Å². The third-order valence-corrected chi connectivity index (χ3v) is 7.03. The Morgan fingerprint density at radius 1 is 1.12 bits per heavy atom. The minimum atomic E-state index is -0.987. The van der Waals surface area contributed by atoms with E-state index in [4.69, 9.17) is 14.2 Å². The molecule has 174 valence electrons. The van der Waals surface area contributed by atoms with Crippen molar-refractivity contribution < 1.29 is 19.3 Å². The molecule has 7 heteroatoms. The Morgan fingerprint density at radius 2 is 1.91 bits per heavy atom. The van der Waals surface area contributed by atoms with Crippen molar-refractivity contribution in [2.24, 2.45) is 11.8 Å². The number of fused-ring (bicyclic) bond motifs is 1. The smallest absolute Gasteiger partial charge is 0.319 e. The maximum absolute atomic E-state index is 11.9. The SMILES string of the molecule is CCOc1ncc([C@]2(O)CC[C@H]3CN(Cc4cc(C)c(OC)cc4C)C[C@H]32)c(OCC)n1. The molecule has 2 fully saturated rings. The predicted octanol–water partition coefficient (Wildman–Crippen LogP) is 3.63. The summed E-state index contributed by atoms with van der Waals surface area (Å²) in [4.78, 5) is 11.2. The van der Waals surface area contributed by atoms with Crippen molar-refractivity contribution in [3.63, 3.8) is 0 Å². The summed E-state index contributed by atoms with van der Waals surface area (Å²) in [6.07, 6.45) is 3.39. The van der Waals surface area contributed by atoms with Crippen LogP contribution in [0.4, 0.5) is 0 Å². The van der Waals surface area contributed by atoms with Gasteiger partial charge in [-0.2, -0.15) is 4.98 Å². The molecule has 1 aliphatic carbocycles. The number of nitrogens with zero attached hydrogens (tertiary/aromatic N) is 3. The van der Waals surface area contributed by atoms with Crippen molar-refractivity contribution in [1.82, 2.24) is 14.9 Å². The summed E-state index contributed by atoms with van der Waals surface area (Å²) in [5.41, 5.74) is 3.40. The third-order valence-electron chi connectivity index (χ3n) is 7.03. The second kappa shape index (κ2) is 9.24. The van der Waals surface area contributed by atoms with Crippen molar-refractivity contribution in [3.05, 3.63) is 40.6 Å². The Hall–Kier alpha value is -2.38. The Morgan fingerprint density at radius 3 is 2.62 bits per heavy atom. The minimum absolute atomic E-state index is 0.128. The average molecular weight is 442 g/mol. The van der Waals surface area contributed by atoms with Gasteiger partial charge in [-0.05, 0) is 69.2 Å². The molecule has 1 aromatic heterocycles. The fraction of sp³-hybridized carbons (Fsp3) is 0.600. The number of ether oxygens (including phenoxy) is 3. The van der Waals surface area contributed by atoms with E-state index in [0.29, 0.717) is 37.0 Å². The first-order chi connectivity index (χ1) is 15.4. The first-order valence-electron chi connectivity index (χ1n) is 11.6. The lowest BCUT2D eigenvalue weighted by molar-refractivity contribution is -0.0101. The minimum Gasteiger partial charge on any atom is -0.496 e. The van der Waals surface area contributed by atoms with Crippen LogP contribution in [0.15, 0.2) is 18.3 Å². The van der Waals surface area contributed by atoms with Gasteiger partial charge in [0.25, 0.3) is 0 Å². The number of aryl methyl sites for hydroxylation is 2. The van der Waals surface area contributed by atoms with Gasteiger partial charge in [-0.1, -0.05) is 6.07 Å². The van der Waals surface area contributed by atoms with Gasteiger partial charge in [-0.3, -0.25) is 4.90 Å². The molecule has 1 N–H and O–H groups in total. The molecule has 1 saturated heterocycles. The fourth-order valence-corrected chi connectivity index (χ4v) is 5.42. The zero-order valence-electron chi connectivity index (χ0n) is 19.9. The van der Waals surface area contributed by atoms with Crippen LogP contribution >= 0.6 is 0 Å². The number of hydrogen-bond acceptors (Lipinski definition) is 7. The van der Waals surface area contributed by atoms with E-state index in [2.05, 4.69) is 40.8 Å². The standard InChI is InChI=1S/C25H35N3O4/c1-6-31-23-20(12-26-24(27-23)32-7-2)25(29)9-8-18-13-28(15-21(18)25)14-19-10-17(4)22(30-5)11-16(19)3/h10-12,18,21,29H,6-9,13-15H2,1-5H3/t18-,21+,25+/m0/s1. The maximum atomic E-state index is 11.9. The zero-order valence-corrected chi connectivity index (χ0v) is 19.9. The molecule has 2 aliphatic rings. The Bertz CT molecular complexity index is 966. The van der Waals surface area contributed by atoms with Crippen molar-refractivity contribution in [1.29, 1.82) is 0 Å². The summed E-state index contributed by atoms with van der Waals surface area (Å²) in [5.74, 6) is 1.94. The van der Waals surface area contributed by atoms with Gasteiger partial charge in [0.05, 0.1) is 25.9 Å². The van der Waals surface area contributed by atoms with Gasteiger partial charge in [0.1, 0.15) is 11.4 Å². The van der Waals surface area contributed by atoms with E-state index < -0.39 is 5.60 Å². The number of aromatic nitrogens is 2. The summed E-state index contributed by atoms with van der Waals surface area (Å²) in [6, 6.07) is 4.63. The van der Waals surface area contributed by atoms with E-state index in [1.54, 1.807) is 13.3 Å². The van der Waals surface area contributed by atoms with E-state index in [1.807, 2.05) is 13.8 Å². The van der Waals surface area contributed by atoms with E-state index in [1.165, 1.54) is 11.1 Å². The molecule has 0 amide bonds. The average Bonchev–Trinajstić information content (AvgIpc) is 3.31. The second-order valence-corrected chi connectivity index (χ2v) is 9.01. The Kier molecular flexibility index (Phi) is 6.58. The first-order valence-corrected chi connectivity index (χ1v) is 11.6. The lowest BCUT2D eigenvalue weighted by Crippen LogP contribution is -2.35.